The van der Waals surface area contributed by atoms with Crippen LogP contribution in [0.1, 0.15) is 26.2 Å². The molecular weight excluding hydrogens is 122 g/mol. The van der Waals surface area contributed by atoms with Gasteiger partial charge in [-0.3, -0.25) is 0 Å². The molecule has 0 bridgehead atoms. The zero-order valence-electron chi connectivity index (χ0n) is 6.78. The Morgan fingerprint density at radius 3 is 2.80 bits per heavy atom. The van der Waals surface area contributed by atoms with Crippen LogP contribution in [0.25, 0.3) is 0 Å². The first-order chi connectivity index (χ1) is 4.88. The molecule has 0 fully saturated rings. The lowest BCUT2D eigenvalue weighted by molar-refractivity contribution is 0.846. The third kappa shape index (κ3) is 1.41. The van der Waals surface area contributed by atoms with Gasteiger partial charge in [-0.05, 0) is 31.8 Å². The molecule has 1 nitrogen and oxygen atoms in total. The fourth-order valence-corrected chi connectivity index (χ4v) is 1.44. The summed E-state index contributed by atoms with van der Waals surface area (Å²) in [5.74, 6) is 0. The van der Waals surface area contributed by atoms with E-state index in [1.54, 1.807) is 0 Å². The van der Waals surface area contributed by atoms with Gasteiger partial charge in [0, 0.05) is 12.7 Å². The molecule has 1 rings (SSSR count). The Kier molecular flexibility index (Phi) is 2.55. The maximum absolute atomic E-state index is 3.23. The van der Waals surface area contributed by atoms with Gasteiger partial charge in [0.1, 0.15) is 0 Å². The van der Waals surface area contributed by atoms with E-state index in [0.717, 1.165) is 0 Å². The van der Waals surface area contributed by atoms with Crippen molar-refractivity contribution in [1.29, 1.82) is 0 Å². The molecule has 1 N–H and O–H groups in total. The molecular formula is C9H15N. The fraction of sp³-hybridized carbons (Fsp3) is 0.556. The van der Waals surface area contributed by atoms with Gasteiger partial charge in [-0.2, -0.15) is 0 Å². The lowest BCUT2D eigenvalue weighted by Crippen LogP contribution is -2.03. The second-order valence-electron chi connectivity index (χ2n) is 2.61. The Labute approximate surface area is 62.8 Å². The van der Waals surface area contributed by atoms with Crippen molar-refractivity contribution in [2.45, 2.75) is 26.2 Å². The number of hydrogen-bond donors (Lipinski definition) is 1. The van der Waals surface area contributed by atoms with Crippen LogP contribution in [0.4, 0.5) is 0 Å². The summed E-state index contributed by atoms with van der Waals surface area (Å²) < 4.78 is 0. The van der Waals surface area contributed by atoms with Gasteiger partial charge in [-0.15, -0.1) is 0 Å². The van der Waals surface area contributed by atoms with Crippen LogP contribution in [-0.4, -0.2) is 7.05 Å². The first-order valence-corrected chi connectivity index (χ1v) is 3.91. The summed E-state index contributed by atoms with van der Waals surface area (Å²) in [6.07, 6.45) is 8.11. The lowest BCUT2D eigenvalue weighted by Gasteiger charge is -2.00. The standard InChI is InChI=1S/C9H15N/c1-3-5-8-6-4-7-9(8)10-2/h3,5,10H,4,6-7H2,1-2H3/b5-3-. The Morgan fingerprint density at radius 2 is 2.20 bits per heavy atom. The first-order valence-electron chi connectivity index (χ1n) is 3.91. The van der Waals surface area contributed by atoms with Gasteiger partial charge in [0.2, 0.25) is 0 Å². The molecule has 10 heavy (non-hydrogen) atoms. The van der Waals surface area contributed by atoms with Gasteiger partial charge < -0.3 is 5.32 Å². The van der Waals surface area contributed by atoms with Gasteiger partial charge in [0.15, 0.2) is 0 Å². The van der Waals surface area contributed by atoms with Crippen LogP contribution in [0.3, 0.4) is 0 Å². The summed E-state index contributed by atoms with van der Waals surface area (Å²) in [5, 5.41) is 3.23. The fourth-order valence-electron chi connectivity index (χ4n) is 1.44. The molecule has 0 heterocycles. The van der Waals surface area contributed by atoms with E-state index in [4.69, 9.17) is 0 Å². The maximum atomic E-state index is 3.23. The van der Waals surface area contributed by atoms with Gasteiger partial charge in [0.25, 0.3) is 0 Å². The van der Waals surface area contributed by atoms with Crippen molar-refractivity contribution in [3.63, 3.8) is 0 Å². The van der Waals surface area contributed by atoms with Crippen molar-refractivity contribution in [3.05, 3.63) is 23.4 Å². The van der Waals surface area contributed by atoms with Crippen molar-refractivity contribution in [2.75, 3.05) is 7.05 Å². The van der Waals surface area contributed by atoms with Gasteiger partial charge in [-0.1, -0.05) is 12.2 Å². The van der Waals surface area contributed by atoms with Crippen molar-refractivity contribution < 1.29 is 0 Å². The number of allylic oxidation sites excluding steroid dienone is 4. The van der Waals surface area contributed by atoms with Crippen molar-refractivity contribution in [1.82, 2.24) is 5.32 Å². The summed E-state index contributed by atoms with van der Waals surface area (Å²) in [5.41, 5.74) is 2.92. The second kappa shape index (κ2) is 3.45. The van der Waals surface area contributed by atoms with Crippen LogP contribution in [0.15, 0.2) is 23.4 Å². The molecule has 56 valence electrons. The minimum absolute atomic E-state index is 1.23. The van der Waals surface area contributed by atoms with Gasteiger partial charge in [0.05, 0.1) is 0 Å². The first kappa shape index (κ1) is 7.39. The predicted molar refractivity (Wildman–Crippen MR) is 44.8 cm³/mol. The van der Waals surface area contributed by atoms with Crippen molar-refractivity contribution >= 4 is 0 Å². The maximum Gasteiger partial charge on any atom is 0.0136 e. The molecule has 1 heteroatoms. The molecule has 1 aliphatic rings. The third-order valence-electron chi connectivity index (χ3n) is 1.93. The number of hydrogen-bond acceptors (Lipinski definition) is 1. The minimum atomic E-state index is 1.23. The Balaban J connectivity index is 2.68. The summed E-state index contributed by atoms with van der Waals surface area (Å²) in [4.78, 5) is 0. The Hall–Kier alpha value is -0.720. The summed E-state index contributed by atoms with van der Waals surface area (Å²) >= 11 is 0. The highest BCUT2D eigenvalue weighted by Crippen LogP contribution is 2.24. The summed E-state index contributed by atoms with van der Waals surface area (Å²) in [6, 6.07) is 0. The highest BCUT2D eigenvalue weighted by Gasteiger charge is 2.09. The highest BCUT2D eigenvalue weighted by molar-refractivity contribution is 5.27. The van der Waals surface area contributed by atoms with Crippen molar-refractivity contribution in [2.24, 2.45) is 0 Å². The average molecular weight is 137 g/mol. The van der Waals surface area contributed by atoms with E-state index in [0.29, 0.717) is 0 Å². The largest absolute Gasteiger partial charge is 0.391 e. The van der Waals surface area contributed by atoms with E-state index >= 15 is 0 Å². The lowest BCUT2D eigenvalue weighted by atomic mass is 10.2. The third-order valence-corrected chi connectivity index (χ3v) is 1.93. The van der Waals surface area contributed by atoms with Crippen LogP contribution in [0, 0.1) is 0 Å². The van der Waals surface area contributed by atoms with Gasteiger partial charge >= 0.3 is 0 Å². The highest BCUT2D eigenvalue weighted by atomic mass is 14.8. The molecule has 0 amide bonds. The molecule has 1 aliphatic carbocycles. The van der Waals surface area contributed by atoms with E-state index < -0.39 is 0 Å². The Bertz CT molecular complexity index is 166. The average Bonchev–Trinajstić information content (AvgIpc) is 2.36. The second-order valence-corrected chi connectivity index (χ2v) is 2.61. The van der Waals surface area contributed by atoms with E-state index in [2.05, 4.69) is 24.4 Å². The van der Waals surface area contributed by atoms with E-state index in [9.17, 15) is 0 Å². The summed E-state index contributed by atoms with van der Waals surface area (Å²) in [7, 11) is 2.00. The van der Waals surface area contributed by atoms with Crippen molar-refractivity contribution in [3.8, 4) is 0 Å². The van der Waals surface area contributed by atoms with Crippen LogP contribution in [0.2, 0.25) is 0 Å². The molecule has 0 aromatic heterocycles. The van der Waals surface area contributed by atoms with Crippen LogP contribution in [-0.2, 0) is 0 Å². The minimum Gasteiger partial charge on any atom is -0.391 e. The smallest absolute Gasteiger partial charge is 0.0136 e. The van der Waals surface area contributed by atoms with E-state index in [1.807, 2.05) is 7.05 Å². The molecule has 0 spiro atoms. The number of nitrogens with one attached hydrogen (secondary N) is 1. The zero-order chi connectivity index (χ0) is 7.40. The molecule has 0 radical (unpaired) electrons. The summed E-state index contributed by atoms with van der Waals surface area (Å²) in [6.45, 7) is 2.07. The normalized spacial score (nSPS) is 19.0. The molecule has 0 aliphatic heterocycles. The van der Waals surface area contributed by atoms with Crippen LogP contribution >= 0.6 is 0 Å². The quantitative estimate of drug-likeness (QED) is 0.615. The SMILES string of the molecule is C/C=C\C1=C(NC)CCC1. The molecule has 0 aromatic carbocycles. The zero-order valence-corrected chi connectivity index (χ0v) is 6.78. The number of rotatable bonds is 2. The van der Waals surface area contributed by atoms with E-state index in [1.165, 1.54) is 30.5 Å². The van der Waals surface area contributed by atoms with Gasteiger partial charge in [-0.25, -0.2) is 0 Å². The molecule has 0 atom stereocenters. The monoisotopic (exact) mass is 137 g/mol. The molecule has 0 unspecified atom stereocenters. The van der Waals surface area contributed by atoms with E-state index in [-0.39, 0.29) is 0 Å². The molecule has 0 saturated heterocycles. The van der Waals surface area contributed by atoms with Crippen LogP contribution < -0.4 is 5.32 Å². The topological polar surface area (TPSA) is 12.0 Å². The molecule has 0 saturated carbocycles. The predicted octanol–water partition coefficient (Wildman–Crippen LogP) is 2.22. The van der Waals surface area contributed by atoms with Crippen LogP contribution in [0.5, 0.6) is 0 Å². The molecule has 0 aromatic rings. The Morgan fingerprint density at radius 1 is 1.40 bits per heavy atom.